The van der Waals surface area contributed by atoms with Crippen LogP contribution < -0.4 is 9.75 Å². The molecule has 138 valence electrons. The summed E-state index contributed by atoms with van der Waals surface area (Å²) >= 11 is 0. The van der Waals surface area contributed by atoms with Gasteiger partial charge in [0.1, 0.15) is 24.3 Å². The minimum Gasteiger partial charge on any atom is -0.491 e. The van der Waals surface area contributed by atoms with Crippen LogP contribution >= 0.6 is 0 Å². The van der Waals surface area contributed by atoms with Gasteiger partial charge in [-0.2, -0.15) is 5.10 Å². The molecule has 0 saturated carbocycles. The summed E-state index contributed by atoms with van der Waals surface area (Å²) in [6.07, 6.45) is 2.31. The molecule has 6 heteroatoms. The molecule has 2 unspecified atom stereocenters. The van der Waals surface area contributed by atoms with Crippen molar-refractivity contribution < 1.29 is 18.7 Å². The van der Waals surface area contributed by atoms with Crippen LogP contribution in [0.2, 0.25) is 0 Å². The van der Waals surface area contributed by atoms with E-state index in [1.807, 2.05) is 30.3 Å². The van der Waals surface area contributed by atoms with E-state index in [9.17, 15) is 9.18 Å². The van der Waals surface area contributed by atoms with Gasteiger partial charge in [-0.05, 0) is 54.8 Å². The lowest BCUT2D eigenvalue weighted by Gasteiger charge is -2.33. The van der Waals surface area contributed by atoms with Crippen LogP contribution in [0, 0.1) is 11.7 Å². The molecule has 1 amide bonds. The van der Waals surface area contributed by atoms with E-state index >= 15 is 0 Å². The maximum atomic E-state index is 13.8. The van der Waals surface area contributed by atoms with Gasteiger partial charge in [0.2, 0.25) is 5.91 Å². The lowest BCUT2D eigenvalue weighted by molar-refractivity contribution is -0.119. The number of anilines is 1. The van der Waals surface area contributed by atoms with Crippen molar-refractivity contribution in [3.63, 3.8) is 0 Å². The zero-order valence-electron chi connectivity index (χ0n) is 14.7. The summed E-state index contributed by atoms with van der Waals surface area (Å²) in [5.41, 5.74) is 3.41. The fourth-order valence-corrected chi connectivity index (χ4v) is 3.73. The predicted octanol–water partition coefficient (Wildman–Crippen LogP) is 3.31. The molecule has 1 fully saturated rings. The predicted molar refractivity (Wildman–Crippen MR) is 98.5 cm³/mol. The molecule has 0 radical (unpaired) electrons. The molecule has 0 N–H and O–H groups in total. The van der Waals surface area contributed by atoms with Crippen molar-refractivity contribution in [2.75, 3.05) is 18.2 Å². The number of hydrogen-bond donors (Lipinski definition) is 0. The Morgan fingerprint density at radius 1 is 1.22 bits per heavy atom. The number of carbonyl (C=O) groups excluding carboxylic acids is 1. The highest BCUT2D eigenvalue weighted by atomic mass is 19.1. The third-order valence-electron chi connectivity index (χ3n) is 5.28. The normalized spacial score (nSPS) is 23.4. The first kappa shape index (κ1) is 16.4. The monoisotopic (exact) mass is 366 g/mol. The smallest absolute Gasteiger partial charge is 0.248 e. The number of hydrogen-bond acceptors (Lipinski definition) is 4. The topological polar surface area (TPSA) is 54.4 Å². The van der Waals surface area contributed by atoms with Gasteiger partial charge in [-0.1, -0.05) is 6.07 Å². The number of fused-ring (bicyclic) bond motifs is 3. The average Bonchev–Trinajstić information content (AvgIpc) is 3.51. The van der Waals surface area contributed by atoms with Gasteiger partial charge in [-0.25, -0.2) is 9.40 Å². The highest BCUT2D eigenvalue weighted by Gasteiger charge is 2.34. The van der Waals surface area contributed by atoms with E-state index < -0.39 is 0 Å². The maximum Gasteiger partial charge on any atom is 0.248 e. The van der Waals surface area contributed by atoms with E-state index in [2.05, 4.69) is 5.10 Å². The maximum absolute atomic E-state index is 13.8. The Morgan fingerprint density at radius 2 is 2.04 bits per heavy atom. The molecule has 2 heterocycles. The third kappa shape index (κ3) is 3.21. The number of halogens is 1. The van der Waals surface area contributed by atoms with Crippen LogP contribution in [0.25, 0.3) is 0 Å². The quantitative estimate of drug-likeness (QED) is 0.780. The molecule has 2 aliphatic heterocycles. The molecule has 1 saturated heterocycles. The van der Waals surface area contributed by atoms with Crippen LogP contribution in [-0.2, 0) is 16.0 Å². The van der Waals surface area contributed by atoms with Crippen molar-refractivity contribution in [3.8, 4) is 5.75 Å². The van der Waals surface area contributed by atoms with Gasteiger partial charge in [0, 0.05) is 17.9 Å². The van der Waals surface area contributed by atoms with Crippen LogP contribution in [0.1, 0.15) is 24.0 Å². The van der Waals surface area contributed by atoms with Crippen molar-refractivity contribution in [1.82, 2.24) is 0 Å². The summed E-state index contributed by atoms with van der Waals surface area (Å²) in [5.74, 6) is 0.476. The molecule has 5 nitrogen and oxygen atoms in total. The molecular formula is C21H19FN2O3. The van der Waals surface area contributed by atoms with Gasteiger partial charge in [-0.3, -0.25) is 4.79 Å². The van der Waals surface area contributed by atoms with Crippen molar-refractivity contribution in [2.24, 2.45) is 11.0 Å². The third-order valence-corrected chi connectivity index (χ3v) is 5.28. The summed E-state index contributed by atoms with van der Waals surface area (Å²) in [7, 11) is 0. The lowest BCUT2D eigenvalue weighted by Crippen LogP contribution is -2.39. The van der Waals surface area contributed by atoms with Gasteiger partial charge in [0.15, 0.2) is 0 Å². The first-order valence-corrected chi connectivity index (χ1v) is 9.22. The van der Waals surface area contributed by atoms with Gasteiger partial charge >= 0.3 is 0 Å². The zero-order chi connectivity index (χ0) is 18.4. The van der Waals surface area contributed by atoms with Gasteiger partial charge in [-0.15, -0.1) is 0 Å². The summed E-state index contributed by atoms with van der Waals surface area (Å²) in [4.78, 5) is 12.6. The molecule has 5 rings (SSSR count). The van der Waals surface area contributed by atoms with Crippen LogP contribution in [0.5, 0.6) is 5.75 Å². The molecule has 27 heavy (non-hydrogen) atoms. The molecule has 0 spiro atoms. The minimum absolute atomic E-state index is 0.0383. The number of hydrazone groups is 1. The van der Waals surface area contributed by atoms with E-state index in [0.717, 1.165) is 42.0 Å². The Morgan fingerprint density at radius 3 is 2.81 bits per heavy atom. The van der Waals surface area contributed by atoms with Crippen molar-refractivity contribution in [3.05, 3.63) is 59.4 Å². The summed E-state index contributed by atoms with van der Waals surface area (Å²) in [6, 6.07) is 12.1. The SMILES string of the molecule is O=C1CC2CCc3ccc(F)cc3C2=NN1c1ccc(OCC2CO2)cc1. The van der Waals surface area contributed by atoms with Gasteiger partial charge in [0.05, 0.1) is 18.0 Å². The van der Waals surface area contributed by atoms with E-state index in [1.165, 1.54) is 17.1 Å². The Bertz CT molecular complexity index is 922. The fraction of sp³-hybridized carbons (Fsp3) is 0.333. The first-order chi connectivity index (χ1) is 13.2. The number of benzene rings is 2. The molecule has 2 aromatic rings. The standard InChI is InChI=1S/C21H19FN2O3/c22-15-4-3-13-1-2-14-9-20(25)24(23-21(14)19(13)10-15)16-5-7-17(8-6-16)26-11-18-12-27-18/h3-8,10,14,18H,1-2,9,11-12H2. The molecule has 3 aliphatic rings. The first-order valence-electron chi connectivity index (χ1n) is 9.22. The molecular weight excluding hydrogens is 347 g/mol. The molecule has 2 aromatic carbocycles. The number of epoxide rings is 1. The summed E-state index contributed by atoms with van der Waals surface area (Å²) < 4.78 is 24.5. The van der Waals surface area contributed by atoms with Crippen LogP contribution in [0.3, 0.4) is 0 Å². The highest BCUT2D eigenvalue weighted by molar-refractivity contribution is 6.11. The number of ether oxygens (including phenoxy) is 2. The van der Waals surface area contributed by atoms with Crippen LogP contribution in [0.15, 0.2) is 47.6 Å². The number of aryl methyl sites for hydroxylation is 1. The minimum atomic E-state index is -0.276. The second kappa shape index (κ2) is 6.46. The Hall–Kier alpha value is -2.73. The number of nitrogens with zero attached hydrogens (tertiary/aromatic N) is 2. The average molecular weight is 366 g/mol. The lowest BCUT2D eigenvalue weighted by atomic mass is 9.79. The zero-order valence-corrected chi connectivity index (χ0v) is 14.7. The molecule has 1 aliphatic carbocycles. The molecule has 0 aromatic heterocycles. The summed E-state index contributed by atoms with van der Waals surface area (Å²) in [5, 5.41) is 6.05. The molecule has 2 atom stereocenters. The second-order valence-electron chi connectivity index (χ2n) is 7.19. The summed E-state index contributed by atoms with van der Waals surface area (Å²) in [6.45, 7) is 1.29. The highest BCUT2D eigenvalue weighted by Crippen LogP contribution is 2.34. The molecule has 0 bridgehead atoms. The Balaban J connectivity index is 1.44. The fourth-order valence-electron chi connectivity index (χ4n) is 3.73. The van der Waals surface area contributed by atoms with Crippen molar-refractivity contribution >= 4 is 17.3 Å². The van der Waals surface area contributed by atoms with E-state index in [4.69, 9.17) is 9.47 Å². The second-order valence-corrected chi connectivity index (χ2v) is 7.19. The van der Waals surface area contributed by atoms with E-state index in [1.54, 1.807) is 0 Å². The number of rotatable bonds is 4. The number of amides is 1. The largest absolute Gasteiger partial charge is 0.491 e. The Kier molecular flexibility index (Phi) is 3.93. The van der Waals surface area contributed by atoms with Crippen LogP contribution in [-0.4, -0.2) is 30.9 Å². The van der Waals surface area contributed by atoms with Crippen molar-refractivity contribution in [1.29, 1.82) is 0 Å². The van der Waals surface area contributed by atoms with Gasteiger partial charge in [0.25, 0.3) is 0 Å². The van der Waals surface area contributed by atoms with E-state index in [0.29, 0.717) is 18.7 Å². The van der Waals surface area contributed by atoms with E-state index in [-0.39, 0.29) is 23.7 Å². The van der Waals surface area contributed by atoms with Crippen molar-refractivity contribution in [2.45, 2.75) is 25.4 Å². The van der Waals surface area contributed by atoms with Crippen LogP contribution in [0.4, 0.5) is 10.1 Å². The Labute approximate surface area is 156 Å². The number of carbonyl (C=O) groups is 1. The van der Waals surface area contributed by atoms with Gasteiger partial charge < -0.3 is 9.47 Å².